The van der Waals surface area contributed by atoms with Crippen molar-refractivity contribution in [1.29, 1.82) is 0 Å². The second kappa shape index (κ2) is 6.33. The van der Waals surface area contributed by atoms with Crippen LogP contribution in [0.25, 0.3) is 0 Å². The van der Waals surface area contributed by atoms with Gasteiger partial charge in [0.05, 0.1) is 18.6 Å². The quantitative estimate of drug-likeness (QED) is 0.872. The first-order chi connectivity index (χ1) is 9.54. The van der Waals surface area contributed by atoms with Crippen LogP contribution in [-0.4, -0.2) is 46.3 Å². The van der Waals surface area contributed by atoms with Crippen molar-refractivity contribution in [1.82, 2.24) is 4.90 Å². The zero-order valence-electron chi connectivity index (χ0n) is 11.4. The average Bonchev–Trinajstić information content (AvgIpc) is 2.64. The summed E-state index contributed by atoms with van der Waals surface area (Å²) in [4.78, 5) is 13.8. The first kappa shape index (κ1) is 14.9. The minimum Gasteiger partial charge on any atom is -0.393 e. The molecule has 0 saturated carbocycles. The van der Waals surface area contributed by atoms with Crippen molar-refractivity contribution >= 4 is 5.91 Å². The number of benzene rings is 1. The standard InChI is InChI=1S/C15H20FNO3/c16-13-5-2-1-4-12(13)10-14(19)17-8-3-6-15(20,11-18)7-9-17/h1-2,4-5,18,20H,3,6-11H2/t15-/m0/s1. The Kier molecular flexibility index (Phi) is 4.73. The number of carbonyl (C=O) groups is 1. The topological polar surface area (TPSA) is 60.8 Å². The van der Waals surface area contributed by atoms with Crippen LogP contribution < -0.4 is 0 Å². The molecule has 1 heterocycles. The molecule has 5 heteroatoms. The summed E-state index contributed by atoms with van der Waals surface area (Å²) in [5.74, 6) is -0.514. The van der Waals surface area contributed by atoms with Crippen LogP contribution in [0.2, 0.25) is 0 Å². The van der Waals surface area contributed by atoms with Crippen molar-refractivity contribution in [2.24, 2.45) is 0 Å². The third kappa shape index (κ3) is 3.55. The molecule has 0 radical (unpaired) electrons. The molecule has 2 N–H and O–H groups in total. The smallest absolute Gasteiger partial charge is 0.227 e. The fraction of sp³-hybridized carbons (Fsp3) is 0.533. The lowest BCUT2D eigenvalue weighted by Gasteiger charge is -2.24. The number of aliphatic hydroxyl groups is 2. The highest BCUT2D eigenvalue weighted by Crippen LogP contribution is 2.22. The van der Waals surface area contributed by atoms with Crippen molar-refractivity contribution in [2.75, 3.05) is 19.7 Å². The van der Waals surface area contributed by atoms with Crippen molar-refractivity contribution in [3.05, 3.63) is 35.6 Å². The van der Waals surface area contributed by atoms with Gasteiger partial charge in [-0.3, -0.25) is 4.79 Å². The van der Waals surface area contributed by atoms with Crippen LogP contribution >= 0.6 is 0 Å². The summed E-state index contributed by atoms with van der Waals surface area (Å²) in [6.45, 7) is 0.641. The second-order valence-electron chi connectivity index (χ2n) is 5.38. The van der Waals surface area contributed by atoms with E-state index in [4.69, 9.17) is 5.11 Å². The number of aliphatic hydroxyl groups excluding tert-OH is 1. The maximum atomic E-state index is 13.5. The Labute approximate surface area is 117 Å². The highest BCUT2D eigenvalue weighted by molar-refractivity contribution is 5.78. The molecule has 1 amide bonds. The van der Waals surface area contributed by atoms with E-state index in [1.165, 1.54) is 6.07 Å². The van der Waals surface area contributed by atoms with E-state index in [9.17, 15) is 14.3 Å². The molecule has 0 aromatic heterocycles. The molecular weight excluding hydrogens is 261 g/mol. The summed E-state index contributed by atoms with van der Waals surface area (Å²) in [5, 5.41) is 19.2. The lowest BCUT2D eigenvalue weighted by atomic mass is 9.96. The van der Waals surface area contributed by atoms with E-state index in [1.807, 2.05) is 0 Å². The summed E-state index contributed by atoms with van der Waals surface area (Å²) < 4.78 is 13.5. The van der Waals surface area contributed by atoms with Crippen LogP contribution in [0.3, 0.4) is 0 Å². The largest absolute Gasteiger partial charge is 0.393 e. The predicted molar refractivity (Wildman–Crippen MR) is 72.6 cm³/mol. The fourth-order valence-corrected chi connectivity index (χ4v) is 2.50. The van der Waals surface area contributed by atoms with Crippen LogP contribution in [0.1, 0.15) is 24.8 Å². The van der Waals surface area contributed by atoms with Crippen molar-refractivity contribution in [3.63, 3.8) is 0 Å². The molecule has 110 valence electrons. The van der Waals surface area contributed by atoms with Gasteiger partial charge in [-0.05, 0) is 30.9 Å². The Morgan fingerprint density at radius 1 is 1.30 bits per heavy atom. The van der Waals surface area contributed by atoms with Crippen LogP contribution in [-0.2, 0) is 11.2 Å². The first-order valence-electron chi connectivity index (χ1n) is 6.88. The van der Waals surface area contributed by atoms with Gasteiger partial charge in [0.15, 0.2) is 0 Å². The monoisotopic (exact) mass is 281 g/mol. The Bertz CT molecular complexity index is 480. The van der Waals surface area contributed by atoms with E-state index in [0.29, 0.717) is 37.9 Å². The van der Waals surface area contributed by atoms with Crippen LogP contribution in [0.15, 0.2) is 24.3 Å². The van der Waals surface area contributed by atoms with Gasteiger partial charge in [-0.25, -0.2) is 4.39 Å². The molecule has 1 saturated heterocycles. The number of amides is 1. The van der Waals surface area contributed by atoms with Gasteiger partial charge in [0.25, 0.3) is 0 Å². The Morgan fingerprint density at radius 2 is 2.05 bits per heavy atom. The lowest BCUT2D eigenvalue weighted by molar-refractivity contribution is -0.130. The lowest BCUT2D eigenvalue weighted by Crippen LogP contribution is -2.37. The van der Waals surface area contributed by atoms with E-state index < -0.39 is 5.60 Å². The summed E-state index contributed by atoms with van der Waals surface area (Å²) in [6.07, 6.45) is 1.50. The minimum atomic E-state index is -1.09. The first-order valence-corrected chi connectivity index (χ1v) is 6.88. The highest BCUT2D eigenvalue weighted by Gasteiger charge is 2.30. The van der Waals surface area contributed by atoms with Crippen molar-refractivity contribution in [2.45, 2.75) is 31.3 Å². The molecule has 20 heavy (non-hydrogen) atoms. The minimum absolute atomic E-state index is 0.0320. The molecule has 4 nitrogen and oxygen atoms in total. The molecule has 1 aromatic carbocycles. The number of likely N-dealkylation sites (tertiary alicyclic amines) is 1. The van der Waals surface area contributed by atoms with E-state index >= 15 is 0 Å². The maximum Gasteiger partial charge on any atom is 0.227 e. The maximum absolute atomic E-state index is 13.5. The van der Waals surface area contributed by atoms with Crippen molar-refractivity contribution < 1.29 is 19.4 Å². The fourth-order valence-electron chi connectivity index (χ4n) is 2.50. The number of hydrogen-bond acceptors (Lipinski definition) is 3. The van der Waals surface area contributed by atoms with Crippen LogP contribution in [0.5, 0.6) is 0 Å². The molecule has 1 fully saturated rings. The van der Waals surface area contributed by atoms with Gasteiger partial charge in [-0.15, -0.1) is 0 Å². The Balaban J connectivity index is 1.98. The van der Waals surface area contributed by atoms with E-state index in [2.05, 4.69) is 0 Å². The van der Waals surface area contributed by atoms with E-state index in [1.54, 1.807) is 23.1 Å². The summed E-state index contributed by atoms with van der Waals surface area (Å²) in [7, 11) is 0. The number of nitrogens with zero attached hydrogens (tertiary/aromatic N) is 1. The van der Waals surface area contributed by atoms with E-state index in [0.717, 1.165) is 0 Å². The molecule has 2 rings (SSSR count). The zero-order valence-corrected chi connectivity index (χ0v) is 11.4. The Hall–Kier alpha value is -1.46. The molecule has 0 unspecified atom stereocenters. The normalized spacial score (nSPS) is 23.4. The number of halogens is 1. The number of carbonyl (C=O) groups excluding carboxylic acids is 1. The van der Waals surface area contributed by atoms with Gasteiger partial charge in [0, 0.05) is 13.1 Å². The number of rotatable bonds is 3. The summed E-state index contributed by atoms with van der Waals surface area (Å²) in [5.41, 5.74) is -0.702. The van der Waals surface area contributed by atoms with Crippen LogP contribution in [0, 0.1) is 5.82 Å². The molecule has 1 aliphatic rings. The van der Waals surface area contributed by atoms with Gasteiger partial charge in [-0.1, -0.05) is 18.2 Å². The SMILES string of the molecule is O=C(Cc1ccccc1F)N1CCC[C@@](O)(CO)CC1. The molecule has 1 atom stereocenters. The molecule has 0 bridgehead atoms. The molecule has 0 aliphatic carbocycles. The molecule has 1 aromatic rings. The number of hydrogen-bond donors (Lipinski definition) is 2. The molecule has 0 spiro atoms. The van der Waals surface area contributed by atoms with Gasteiger partial charge < -0.3 is 15.1 Å². The van der Waals surface area contributed by atoms with Crippen molar-refractivity contribution in [3.8, 4) is 0 Å². The van der Waals surface area contributed by atoms with Crippen LogP contribution in [0.4, 0.5) is 4.39 Å². The molecule has 1 aliphatic heterocycles. The highest BCUT2D eigenvalue weighted by atomic mass is 19.1. The summed E-state index contributed by atoms with van der Waals surface area (Å²) >= 11 is 0. The molecular formula is C15H20FNO3. The summed E-state index contributed by atoms with van der Waals surface area (Å²) in [6, 6.07) is 6.25. The average molecular weight is 281 g/mol. The van der Waals surface area contributed by atoms with Gasteiger partial charge >= 0.3 is 0 Å². The second-order valence-corrected chi connectivity index (χ2v) is 5.38. The van der Waals surface area contributed by atoms with Gasteiger partial charge in [0.2, 0.25) is 5.91 Å². The third-order valence-electron chi connectivity index (χ3n) is 3.86. The van der Waals surface area contributed by atoms with Gasteiger partial charge in [0.1, 0.15) is 5.82 Å². The third-order valence-corrected chi connectivity index (χ3v) is 3.86. The van der Waals surface area contributed by atoms with E-state index in [-0.39, 0.29) is 24.8 Å². The van der Waals surface area contributed by atoms with Gasteiger partial charge in [-0.2, -0.15) is 0 Å². The zero-order chi connectivity index (χ0) is 14.6. The Morgan fingerprint density at radius 3 is 2.75 bits per heavy atom. The predicted octanol–water partition coefficient (Wildman–Crippen LogP) is 1.10.